The normalized spacial score (nSPS) is 13.2. The molecule has 0 saturated carbocycles. The summed E-state index contributed by atoms with van der Waals surface area (Å²) < 4.78 is 38.6. The van der Waals surface area contributed by atoms with Crippen molar-refractivity contribution in [2.45, 2.75) is 32.5 Å². The summed E-state index contributed by atoms with van der Waals surface area (Å²) in [6.07, 6.45) is -2.36. The van der Waals surface area contributed by atoms with Gasteiger partial charge in [0.2, 0.25) is 0 Å². The second-order valence-corrected chi connectivity index (χ2v) is 6.03. The van der Waals surface area contributed by atoms with Gasteiger partial charge < -0.3 is 5.32 Å². The molecular weight excluding hydrogens is 285 g/mol. The van der Waals surface area contributed by atoms with Crippen LogP contribution in [0.25, 0.3) is 0 Å². The minimum atomic E-state index is -4.39. The standard InChI is InChI=1S/C14H15F3N2S/c1-9(8-11-6-5-10(2)20-11)19-13-12(14(15,16)17)4-3-7-18-13/h3-7,9H,8H2,1-2H3,(H,18,19). The van der Waals surface area contributed by atoms with E-state index in [9.17, 15) is 13.2 Å². The van der Waals surface area contributed by atoms with E-state index in [1.165, 1.54) is 17.1 Å². The Morgan fingerprint density at radius 1 is 1.30 bits per heavy atom. The van der Waals surface area contributed by atoms with Crippen molar-refractivity contribution in [3.8, 4) is 0 Å². The van der Waals surface area contributed by atoms with Gasteiger partial charge in [-0.3, -0.25) is 0 Å². The molecule has 2 aromatic heterocycles. The van der Waals surface area contributed by atoms with Gasteiger partial charge in [-0.2, -0.15) is 13.2 Å². The number of anilines is 1. The lowest BCUT2D eigenvalue weighted by Gasteiger charge is -2.17. The van der Waals surface area contributed by atoms with E-state index in [-0.39, 0.29) is 11.9 Å². The van der Waals surface area contributed by atoms with Crippen molar-refractivity contribution < 1.29 is 13.2 Å². The molecule has 0 aromatic carbocycles. The summed E-state index contributed by atoms with van der Waals surface area (Å²) in [6, 6.07) is 6.22. The van der Waals surface area contributed by atoms with Crippen LogP contribution < -0.4 is 5.32 Å². The number of pyridine rings is 1. The molecule has 0 aliphatic carbocycles. The summed E-state index contributed by atoms with van der Waals surface area (Å²) in [5.41, 5.74) is -0.728. The fourth-order valence-corrected chi connectivity index (χ4v) is 2.95. The van der Waals surface area contributed by atoms with Gasteiger partial charge in [0.1, 0.15) is 5.82 Å². The monoisotopic (exact) mass is 300 g/mol. The zero-order valence-corrected chi connectivity index (χ0v) is 12.0. The number of thiophene rings is 1. The molecule has 1 atom stereocenters. The van der Waals surface area contributed by atoms with Crippen molar-refractivity contribution in [2.24, 2.45) is 0 Å². The summed E-state index contributed by atoms with van der Waals surface area (Å²) in [6.45, 7) is 3.86. The van der Waals surface area contributed by atoms with Crippen LogP contribution in [0.1, 0.15) is 22.2 Å². The summed E-state index contributed by atoms with van der Waals surface area (Å²) in [7, 11) is 0. The number of hydrogen-bond acceptors (Lipinski definition) is 3. The number of hydrogen-bond donors (Lipinski definition) is 1. The van der Waals surface area contributed by atoms with Crippen molar-refractivity contribution >= 4 is 17.2 Å². The third kappa shape index (κ3) is 3.72. The van der Waals surface area contributed by atoms with E-state index in [0.717, 1.165) is 10.9 Å². The fraction of sp³-hybridized carbons (Fsp3) is 0.357. The van der Waals surface area contributed by atoms with Gasteiger partial charge in [0.15, 0.2) is 0 Å². The number of aromatic nitrogens is 1. The molecule has 0 saturated heterocycles. The maximum Gasteiger partial charge on any atom is 0.419 e. The van der Waals surface area contributed by atoms with E-state index in [4.69, 9.17) is 0 Å². The Morgan fingerprint density at radius 3 is 2.65 bits per heavy atom. The Balaban J connectivity index is 2.10. The molecule has 0 aliphatic rings. The third-order valence-electron chi connectivity index (χ3n) is 2.80. The molecule has 2 nitrogen and oxygen atoms in total. The molecule has 1 unspecified atom stereocenters. The van der Waals surface area contributed by atoms with Gasteiger partial charge in [0.25, 0.3) is 0 Å². The number of alkyl halides is 3. The molecule has 2 aromatic rings. The van der Waals surface area contributed by atoms with E-state index in [1.807, 2.05) is 26.0 Å². The zero-order chi connectivity index (χ0) is 14.8. The van der Waals surface area contributed by atoms with Crippen LogP contribution in [-0.4, -0.2) is 11.0 Å². The lowest BCUT2D eigenvalue weighted by atomic mass is 10.2. The molecule has 1 N–H and O–H groups in total. The molecule has 6 heteroatoms. The number of aryl methyl sites for hydroxylation is 1. The molecule has 0 amide bonds. The molecule has 108 valence electrons. The summed E-state index contributed by atoms with van der Waals surface area (Å²) in [5, 5.41) is 2.85. The van der Waals surface area contributed by atoms with Crippen molar-refractivity contribution in [3.63, 3.8) is 0 Å². The number of halogens is 3. The van der Waals surface area contributed by atoms with Crippen LogP contribution in [0.4, 0.5) is 19.0 Å². The van der Waals surface area contributed by atoms with Gasteiger partial charge in [-0.25, -0.2) is 4.98 Å². The van der Waals surface area contributed by atoms with Gasteiger partial charge in [0, 0.05) is 28.4 Å². The lowest BCUT2D eigenvalue weighted by Crippen LogP contribution is -2.21. The molecule has 20 heavy (non-hydrogen) atoms. The molecule has 0 spiro atoms. The average Bonchev–Trinajstić information content (AvgIpc) is 2.73. The van der Waals surface area contributed by atoms with E-state index < -0.39 is 11.7 Å². The Hall–Kier alpha value is -1.56. The Morgan fingerprint density at radius 2 is 2.05 bits per heavy atom. The molecule has 0 aliphatic heterocycles. The minimum absolute atomic E-state index is 0.110. The molecule has 0 bridgehead atoms. The van der Waals surface area contributed by atoms with Gasteiger partial charge in [0.05, 0.1) is 5.56 Å². The van der Waals surface area contributed by atoms with Gasteiger partial charge >= 0.3 is 6.18 Å². The first-order valence-electron chi connectivity index (χ1n) is 6.20. The molecule has 0 fully saturated rings. The topological polar surface area (TPSA) is 24.9 Å². The molecule has 2 rings (SSSR count). The highest BCUT2D eigenvalue weighted by Gasteiger charge is 2.34. The maximum absolute atomic E-state index is 12.9. The predicted molar refractivity (Wildman–Crippen MR) is 75.1 cm³/mol. The smallest absolute Gasteiger partial charge is 0.367 e. The molecule has 2 heterocycles. The third-order valence-corrected chi connectivity index (χ3v) is 3.82. The Kier molecular flexibility index (Phi) is 4.32. The van der Waals surface area contributed by atoms with Gasteiger partial charge in [-0.05, 0) is 38.1 Å². The highest BCUT2D eigenvalue weighted by atomic mass is 32.1. The van der Waals surface area contributed by atoms with E-state index >= 15 is 0 Å². The highest BCUT2D eigenvalue weighted by Crippen LogP contribution is 2.33. The highest BCUT2D eigenvalue weighted by molar-refractivity contribution is 7.11. The van der Waals surface area contributed by atoms with Crippen LogP contribution in [0.3, 0.4) is 0 Å². The fourth-order valence-electron chi connectivity index (χ4n) is 1.93. The van der Waals surface area contributed by atoms with E-state index in [1.54, 1.807) is 11.3 Å². The first-order chi connectivity index (χ1) is 9.36. The number of nitrogens with zero attached hydrogens (tertiary/aromatic N) is 1. The minimum Gasteiger partial charge on any atom is -0.367 e. The van der Waals surface area contributed by atoms with Gasteiger partial charge in [-0.15, -0.1) is 11.3 Å². The first-order valence-corrected chi connectivity index (χ1v) is 7.02. The summed E-state index contributed by atoms with van der Waals surface area (Å²) in [5.74, 6) is -0.110. The molecule has 0 radical (unpaired) electrons. The lowest BCUT2D eigenvalue weighted by molar-refractivity contribution is -0.137. The van der Waals surface area contributed by atoms with Crippen LogP contribution in [0.15, 0.2) is 30.5 Å². The first kappa shape index (κ1) is 14.8. The Labute approximate surface area is 119 Å². The van der Waals surface area contributed by atoms with Crippen LogP contribution in [0.2, 0.25) is 0 Å². The van der Waals surface area contributed by atoms with Crippen LogP contribution >= 0.6 is 11.3 Å². The van der Waals surface area contributed by atoms with Crippen molar-refractivity contribution in [2.75, 3.05) is 5.32 Å². The van der Waals surface area contributed by atoms with Crippen LogP contribution in [0, 0.1) is 6.92 Å². The summed E-state index contributed by atoms with van der Waals surface area (Å²) >= 11 is 1.65. The van der Waals surface area contributed by atoms with Crippen molar-refractivity contribution in [1.29, 1.82) is 0 Å². The van der Waals surface area contributed by atoms with Crippen molar-refractivity contribution in [1.82, 2.24) is 4.98 Å². The van der Waals surface area contributed by atoms with E-state index in [2.05, 4.69) is 10.3 Å². The Bertz CT molecular complexity index is 578. The maximum atomic E-state index is 12.9. The SMILES string of the molecule is Cc1ccc(CC(C)Nc2ncccc2C(F)(F)F)s1. The second-order valence-electron chi connectivity index (χ2n) is 4.66. The second kappa shape index (κ2) is 5.83. The zero-order valence-electron chi connectivity index (χ0n) is 11.2. The van der Waals surface area contributed by atoms with Crippen LogP contribution in [-0.2, 0) is 12.6 Å². The van der Waals surface area contributed by atoms with Crippen LogP contribution in [0.5, 0.6) is 0 Å². The largest absolute Gasteiger partial charge is 0.419 e. The summed E-state index contributed by atoms with van der Waals surface area (Å²) in [4.78, 5) is 6.14. The average molecular weight is 300 g/mol. The number of rotatable bonds is 4. The van der Waals surface area contributed by atoms with Gasteiger partial charge in [-0.1, -0.05) is 0 Å². The predicted octanol–water partition coefficient (Wildman–Crippen LogP) is 4.51. The quantitative estimate of drug-likeness (QED) is 0.898. The van der Waals surface area contributed by atoms with E-state index in [0.29, 0.717) is 6.42 Å². The number of nitrogens with one attached hydrogen (secondary N) is 1. The van der Waals surface area contributed by atoms with Crippen molar-refractivity contribution in [3.05, 3.63) is 45.8 Å². The molecular formula is C14H15F3N2S.